The molecular weight excluding hydrogens is 290 g/mol. The Kier molecular flexibility index (Phi) is 4.91. The maximum Gasteiger partial charge on any atom is 0.176 e. The Morgan fingerprint density at radius 2 is 2.09 bits per heavy atom. The minimum absolute atomic E-state index is 0.124. The second kappa shape index (κ2) is 7.08. The third-order valence-corrected chi connectivity index (χ3v) is 4.62. The van der Waals surface area contributed by atoms with Crippen molar-refractivity contribution in [2.45, 2.75) is 51.0 Å². The van der Waals surface area contributed by atoms with Gasteiger partial charge in [-0.05, 0) is 48.4 Å². The molecule has 1 N–H and O–H groups in total. The van der Waals surface area contributed by atoms with E-state index in [0.717, 1.165) is 43.1 Å². The van der Waals surface area contributed by atoms with E-state index in [2.05, 4.69) is 27.8 Å². The first-order chi connectivity index (χ1) is 11.3. The third kappa shape index (κ3) is 3.22. The summed E-state index contributed by atoms with van der Waals surface area (Å²) in [5, 5.41) is 16.3. The quantitative estimate of drug-likeness (QED) is 0.888. The SMILES string of the molecule is CCCNC1(c2nnnn2-c2cccc(OC)c2)CCCCC1. The fraction of sp³-hybridized carbons (Fsp3) is 0.588. The summed E-state index contributed by atoms with van der Waals surface area (Å²) in [6.07, 6.45) is 6.97. The van der Waals surface area contributed by atoms with Crippen molar-refractivity contribution < 1.29 is 4.74 Å². The number of tetrazole rings is 1. The predicted molar refractivity (Wildman–Crippen MR) is 88.8 cm³/mol. The van der Waals surface area contributed by atoms with Crippen LogP contribution < -0.4 is 10.1 Å². The van der Waals surface area contributed by atoms with Gasteiger partial charge in [0.05, 0.1) is 18.3 Å². The Hall–Kier alpha value is -1.95. The van der Waals surface area contributed by atoms with E-state index in [4.69, 9.17) is 4.74 Å². The van der Waals surface area contributed by atoms with Crippen LogP contribution in [0.5, 0.6) is 5.75 Å². The van der Waals surface area contributed by atoms with Crippen molar-refractivity contribution in [1.29, 1.82) is 0 Å². The van der Waals surface area contributed by atoms with Crippen molar-refractivity contribution in [2.75, 3.05) is 13.7 Å². The molecule has 1 aromatic heterocycles. The Labute approximate surface area is 137 Å². The molecule has 0 radical (unpaired) electrons. The summed E-state index contributed by atoms with van der Waals surface area (Å²) in [6, 6.07) is 7.88. The van der Waals surface area contributed by atoms with E-state index in [-0.39, 0.29) is 5.54 Å². The molecule has 0 unspecified atom stereocenters. The van der Waals surface area contributed by atoms with Crippen LogP contribution in [-0.2, 0) is 5.54 Å². The summed E-state index contributed by atoms with van der Waals surface area (Å²) in [5.41, 5.74) is 0.813. The van der Waals surface area contributed by atoms with Gasteiger partial charge in [0.25, 0.3) is 0 Å². The summed E-state index contributed by atoms with van der Waals surface area (Å²) in [5.74, 6) is 1.72. The number of methoxy groups -OCH3 is 1. The van der Waals surface area contributed by atoms with Crippen molar-refractivity contribution in [1.82, 2.24) is 25.5 Å². The van der Waals surface area contributed by atoms with Gasteiger partial charge < -0.3 is 10.1 Å². The monoisotopic (exact) mass is 315 g/mol. The van der Waals surface area contributed by atoms with Gasteiger partial charge in [-0.3, -0.25) is 0 Å². The molecule has 23 heavy (non-hydrogen) atoms. The van der Waals surface area contributed by atoms with Gasteiger partial charge in [0.15, 0.2) is 5.82 Å². The highest BCUT2D eigenvalue weighted by molar-refractivity contribution is 5.39. The maximum absolute atomic E-state index is 5.33. The Morgan fingerprint density at radius 3 is 2.83 bits per heavy atom. The summed E-state index contributed by atoms with van der Waals surface area (Å²) in [7, 11) is 1.67. The molecule has 0 spiro atoms. The van der Waals surface area contributed by atoms with Crippen molar-refractivity contribution in [3.05, 3.63) is 30.1 Å². The van der Waals surface area contributed by atoms with E-state index in [1.54, 1.807) is 7.11 Å². The molecular formula is C17H25N5O. The van der Waals surface area contributed by atoms with Crippen LogP contribution in [0.25, 0.3) is 5.69 Å². The lowest BCUT2D eigenvalue weighted by Gasteiger charge is -2.37. The van der Waals surface area contributed by atoms with Gasteiger partial charge in [-0.1, -0.05) is 32.3 Å². The van der Waals surface area contributed by atoms with Crippen LogP contribution in [0.15, 0.2) is 24.3 Å². The van der Waals surface area contributed by atoms with Gasteiger partial charge in [-0.25, -0.2) is 0 Å². The number of nitrogens with zero attached hydrogens (tertiary/aromatic N) is 4. The molecule has 0 bridgehead atoms. The molecule has 0 atom stereocenters. The molecule has 1 heterocycles. The van der Waals surface area contributed by atoms with E-state index in [0.29, 0.717) is 0 Å². The van der Waals surface area contributed by atoms with Gasteiger partial charge >= 0.3 is 0 Å². The molecule has 6 nitrogen and oxygen atoms in total. The standard InChI is InChI=1S/C17H25N5O/c1-3-12-18-17(10-5-4-6-11-17)16-19-20-21-22(16)14-8-7-9-15(13-14)23-2/h7-9,13,18H,3-6,10-12H2,1-2H3. The van der Waals surface area contributed by atoms with Gasteiger partial charge in [-0.15, -0.1) is 5.10 Å². The van der Waals surface area contributed by atoms with Crippen molar-refractivity contribution in [2.24, 2.45) is 0 Å². The lowest BCUT2D eigenvalue weighted by Crippen LogP contribution is -2.46. The largest absolute Gasteiger partial charge is 0.497 e. The minimum atomic E-state index is -0.124. The predicted octanol–water partition coefficient (Wildman–Crippen LogP) is 2.83. The van der Waals surface area contributed by atoms with Crippen LogP contribution in [-0.4, -0.2) is 33.9 Å². The molecule has 1 aromatic carbocycles. The average Bonchev–Trinajstić information content (AvgIpc) is 3.11. The Balaban J connectivity index is 1.99. The number of aromatic nitrogens is 4. The van der Waals surface area contributed by atoms with Crippen LogP contribution in [0.2, 0.25) is 0 Å². The molecule has 0 amide bonds. The maximum atomic E-state index is 5.33. The van der Waals surface area contributed by atoms with Gasteiger partial charge in [0.1, 0.15) is 5.75 Å². The van der Waals surface area contributed by atoms with Crippen LogP contribution in [0.3, 0.4) is 0 Å². The zero-order chi connectivity index (χ0) is 16.1. The molecule has 0 saturated heterocycles. The number of ether oxygens (including phenoxy) is 1. The highest BCUT2D eigenvalue weighted by atomic mass is 16.5. The minimum Gasteiger partial charge on any atom is -0.497 e. The average molecular weight is 315 g/mol. The van der Waals surface area contributed by atoms with E-state index in [1.807, 2.05) is 28.9 Å². The summed E-state index contributed by atoms with van der Waals surface area (Å²) in [6.45, 7) is 3.17. The third-order valence-electron chi connectivity index (χ3n) is 4.62. The summed E-state index contributed by atoms with van der Waals surface area (Å²) >= 11 is 0. The lowest BCUT2D eigenvalue weighted by atomic mass is 9.80. The van der Waals surface area contributed by atoms with Crippen LogP contribution >= 0.6 is 0 Å². The molecule has 1 saturated carbocycles. The molecule has 2 aromatic rings. The van der Waals surface area contributed by atoms with Crippen molar-refractivity contribution in [3.63, 3.8) is 0 Å². The topological polar surface area (TPSA) is 64.9 Å². The van der Waals surface area contributed by atoms with E-state index >= 15 is 0 Å². The second-order valence-corrected chi connectivity index (χ2v) is 6.19. The zero-order valence-electron chi connectivity index (χ0n) is 14.0. The van der Waals surface area contributed by atoms with E-state index < -0.39 is 0 Å². The van der Waals surface area contributed by atoms with E-state index in [9.17, 15) is 0 Å². The number of benzene rings is 1. The number of hydrogen-bond acceptors (Lipinski definition) is 5. The molecule has 1 aliphatic carbocycles. The smallest absolute Gasteiger partial charge is 0.176 e. The molecule has 124 valence electrons. The Bertz CT molecular complexity index is 633. The van der Waals surface area contributed by atoms with Crippen molar-refractivity contribution in [3.8, 4) is 11.4 Å². The summed E-state index contributed by atoms with van der Waals surface area (Å²) < 4.78 is 7.19. The molecule has 0 aliphatic heterocycles. The molecule has 6 heteroatoms. The second-order valence-electron chi connectivity index (χ2n) is 6.19. The van der Waals surface area contributed by atoms with Gasteiger partial charge in [-0.2, -0.15) is 4.68 Å². The fourth-order valence-corrected chi connectivity index (χ4v) is 3.40. The van der Waals surface area contributed by atoms with Crippen LogP contribution in [0.4, 0.5) is 0 Å². The van der Waals surface area contributed by atoms with Crippen LogP contribution in [0.1, 0.15) is 51.3 Å². The first-order valence-corrected chi connectivity index (χ1v) is 8.47. The first-order valence-electron chi connectivity index (χ1n) is 8.47. The van der Waals surface area contributed by atoms with E-state index in [1.165, 1.54) is 19.3 Å². The first kappa shape index (κ1) is 15.9. The normalized spacial score (nSPS) is 17.1. The number of nitrogens with one attached hydrogen (secondary N) is 1. The number of hydrogen-bond donors (Lipinski definition) is 1. The Morgan fingerprint density at radius 1 is 1.26 bits per heavy atom. The van der Waals surface area contributed by atoms with Gasteiger partial charge in [0, 0.05) is 6.07 Å². The number of rotatable bonds is 6. The highest BCUT2D eigenvalue weighted by Crippen LogP contribution is 2.36. The van der Waals surface area contributed by atoms with Crippen molar-refractivity contribution >= 4 is 0 Å². The molecule has 3 rings (SSSR count). The molecule has 1 fully saturated rings. The fourth-order valence-electron chi connectivity index (χ4n) is 3.40. The molecule has 1 aliphatic rings. The van der Waals surface area contributed by atoms with Crippen LogP contribution in [0, 0.1) is 0 Å². The lowest BCUT2D eigenvalue weighted by molar-refractivity contribution is 0.217. The zero-order valence-corrected chi connectivity index (χ0v) is 14.0. The highest BCUT2D eigenvalue weighted by Gasteiger charge is 2.38. The summed E-state index contributed by atoms with van der Waals surface area (Å²) in [4.78, 5) is 0. The van der Waals surface area contributed by atoms with Gasteiger partial charge in [0.2, 0.25) is 0 Å².